The van der Waals surface area contributed by atoms with Gasteiger partial charge < -0.3 is 9.30 Å². The fourth-order valence-corrected chi connectivity index (χ4v) is 4.34. The summed E-state index contributed by atoms with van der Waals surface area (Å²) in [5, 5.41) is 0. The smallest absolute Gasteiger partial charge is 0.338 e. The van der Waals surface area contributed by atoms with Gasteiger partial charge in [-0.15, -0.1) is 6.58 Å². The maximum absolute atomic E-state index is 14.1. The molecule has 34 heavy (non-hydrogen) atoms. The van der Waals surface area contributed by atoms with E-state index in [1.54, 1.807) is 0 Å². The molecule has 1 aromatic carbocycles. The van der Waals surface area contributed by atoms with Gasteiger partial charge in [-0.25, -0.2) is 32.1 Å². The molecule has 0 amide bonds. The predicted molar refractivity (Wildman–Crippen MR) is 121 cm³/mol. The fraction of sp³-hybridized carbons (Fsp3) is 0.333. The molecule has 3 rings (SSSR count). The zero-order chi connectivity index (χ0) is 25.0. The molecular formula is C21H24FN5O6S. The van der Waals surface area contributed by atoms with Gasteiger partial charge in [-0.3, -0.25) is 14.3 Å². The van der Waals surface area contributed by atoms with Gasteiger partial charge in [-0.1, -0.05) is 19.4 Å². The van der Waals surface area contributed by atoms with Crippen LogP contribution in [0.2, 0.25) is 0 Å². The number of ether oxygens (including phenoxy) is 1. The molecule has 0 aliphatic carbocycles. The van der Waals surface area contributed by atoms with E-state index in [9.17, 15) is 27.2 Å². The minimum Gasteiger partial charge on any atom is -0.454 e. The van der Waals surface area contributed by atoms with E-state index in [2.05, 4.69) is 21.3 Å². The summed E-state index contributed by atoms with van der Waals surface area (Å²) in [5.41, 5.74) is -1.10. The van der Waals surface area contributed by atoms with Gasteiger partial charge in [-0.05, 0) is 24.6 Å². The van der Waals surface area contributed by atoms with Crippen LogP contribution in [0.15, 0.2) is 45.3 Å². The summed E-state index contributed by atoms with van der Waals surface area (Å²) in [6.07, 6.45) is 2.81. The number of carbonyl (C=O) groups excluding carboxylic acids is 1. The molecule has 0 atom stereocenters. The van der Waals surface area contributed by atoms with Crippen LogP contribution >= 0.6 is 0 Å². The number of aryl methyl sites for hydroxylation is 2. The van der Waals surface area contributed by atoms with Crippen molar-refractivity contribution in [3.63, 3.8) is 0 Å². The molecule has 0 fully saturated rings. The lowest BCUT2D eigenvalue weighted by molar-refractivity contribution is 0.0459. The molecule has 0 spiro atoms. The number of nitrogens with zero attached hydrogens (tertiary/aromatic N) is 3. The van der Waals surface area contributed by atoms with Crippen LogP contribution in [-0.4, -0.2) is 40.0 Å². The molecule has 0 saturated heterocycles. The number of nitrogens with one attached hydrogen (secondary N) is 2. The summed E-state index contributed by atoms with van der Waals surface area (Å²) >= 11 is 0. The number of hydrogen-bond acceptors (Lipinski definition) is 7. The van der Waals surface area contributed by atoms with Crippen molar-refractivity contribution in [3.05, 3.63) is 68.9 Å². The number of H-pyrrole nitrogens is 1. The summed E-state index contributed by atoms with van der Waals surface area (Å²) in [6.45, 7) is 5.20. The number of hydrogen-bond donors (Lipinski definition) is 2. The molecule has 11 nitrogen and oxygen atoms in total. The average Bonchev–Trinajstić information content (AvgIpc) is 3.12. The maximum Gasteiger partial charge on any atom is 0.338 e. The van der Waals surface area contributed by atoms with E-state index in [4.69, 9.17) is 4.74 Å². The van der Waals surface area contributed by atoms with Crippen molar-refractivity contribution in [2.75, 3.05) is 6.54 Å². The first-order chi connectivity index (χ1) is 16.1. The molecular weight excluding hydrogens is 469 g/mol. The van der Waals surface area contributed by atoms with Crippen molar-refractivity contribution in [3.8, 4) is 0 Å². The first kappa shape index (κ1) is 25.1. The van der Waals surface area contributed by atoms with Crippen molar-refractivity contribution in [2.45, 2.75) is 37.8 Å². The molecule has 2 heterocycles. The van der Waals surface area contributed by atoms with Gasteiger partial charge in [0.05, 0.1) is 5.56 Å². The highest BCUT2D eigenvalue weighted by Crippen LogP contribution is 2.18. The van der Waals surface area contributed by atoms with Gasteiger partial charge in [-0.2, -0.15) is 0 Å². The van der Waals surface area contributed by atoms with E-state index in [1.807, 2.05) is 6.92 Å². The number of unbranched alkanes of at least 4 members (excludes halogenated alkanes) is 1. The molecule has 182 valence electrons. The zero-order valence-electron chi connectivity index (χ0n) is 18.6. The van der Waals surface area contributed by atoms with Gasteiger partial charge in [0.25, 0.3) is 5.56 Å². The monoisotopic (exact) mass is 493 g/mol. The summed E-state index contributed by atoms with van der Waals surface area (Å²) in [7, 11) is -2.67. The third-order valence-electron chi connectivity index (χ3n) is 5.05. The van der Waals surface area contributed by atoms with Crippen LogP contribution in [0.4, 0.5) is 4.39 Å². The summed E-state index contributed by atoms with van der Waals surface area (Å²) in [6, 6.07) is 2.80. The molecule has 0 bridgehead atoms. The van der Waals surface area contributed by atoms with E-state index >= 15 is 0 Å². The lowest BCUT2D eigenvalue weighted by Gasteiger charge is -2.09. The minimum absolute atomic E-state index is 0.119. The Morgan fingerprint density at radius 2 is 2.09 bits per heavy atom. The van der Waals surface area contributed by atoms with Crippen LogP contribution in [0, 0.1) is 5.82 Å². The van der Waals surface area contributed by atoms with Crippen LogP contribution in [0.5, 0.6) is 0 Å². The maximum atomic E-state index is 14.1. The van der Waals surface area contributed by atoms with Crippen molar-refractivity contribution in [1.29, 1.82) is 0 Å². The quantitative estimate of drug-likeness (QED) is 0.319. The van der Waals surface area contributed by atoms with E-state index in [0.717, 1.165) is 24.6 Å². The molecule has 0 saturated carbocycles. The third-order valence-corrected chi connectivity index (χ3v) is 6.49. The van der Waals surface area contributed by atoms with Crippen LogP contribution in [0.1, 0.15) is 35.9 Å². The molecule has 2 N–H and O–H groups in total. The highest BCUT2D eigenvalue weighted by atomic mass is 32.2. The number of fused-ring (bicyclic) bond motifs is 1. The topological polar surface area (TPSA) is 145 Å². The number of esters is 1. The summed E-state index contributed by atoms with van der Waals surface area (Å²) < 4.78 is 48.7. The first-order valence-corrected chi connectivity index (χ1v) is 11.8. The molecule has 2 aromatic heterocycles. The van der Waals surface area contributed by atoms with Crippen molar-refractivity contribution < 1.29 is 22.3 Å². The molecule has 0 aliphatic rings. The Bertz CT molecular complexity index is 1470. The molecule has 0 unspecified atom stereocenters. The standard InChI is InChI=1S/C21H24FN5O6S/c1-4-6-10-27-18-17(19(28)25-21(27)30)26(3)16(24-18)12-33-20(29)13-7-8-14(22)15(11-13)34(31,32)23-9-5-2/h5,7-8,11,23H,2,4,6,9-10,12H2,1,3H3,(H,25,28,30). The summed E-state index contributed by atoms with van der Waals surface area (Å²) in [4.78, 5) is 42.9. The van der Waals surface area contributed by atoms with Crippen LogP contribution in [-0.2, 0) is 35.0 Å². The van der Waals surface area contributed by atoms with E-state index in [0.29, 0.717) is 13.0 Å². The van der Waals surface area contributed by atoms with Gasteiger partial charge in [0.1, 0.15) is 23.1 Å². The van der Waals surface area contributed by atoms with Gasteiger partial charge in [0.15, 0.2) is 11.2 Å². The van der Waals surface area contributed by atoms with Crippen LogP contribution in [0.25, 0.3) is 11.2 Å². The largest absolute Gasteiger partial charge is 0.454 e. The predicted octanol–water partition coefficient (Wildman–Crippen LogP) is 1.18. The van der Waals surface area contributed by atoms with Gasteiger partial charge in [0.2, 0.25) is 10.0 Å². The minimum atomic E-state index is -4.21. The number of rotatable bonds is 10. The molecule has 13 heteroatoms. The van der Waals surface area contributed by atoms with E-state index in [-0.39, 0.29) is 35.7 Å². The lowest BCUT2D eigenvalue weighted by Crippen LogP contribution is -2.31. The van der Waals surface area contributed by atoms with Gasteiger partial charge in [0, 0.05) is 20.1 Å². The summed E-state index contributed by atoms with van der Waals surface area (Å²) in [5.74, 6) is -1.77. The number of aromatic amines is 1. The normalized spacial score (nSPS) is 11.6. The Labute approximate surface area is 193 Å². The Morgan fingerprint density at radius 3 is 2.76 bits per heavy atom. The number of aromatic nitrogens is 4. The molecule has 3 aromatic rings. The number of halogens is 1. The Morgan fingerprint density at radius 1 is 1.35 bits per heavy atom. The van der Waals surface area contributed by atoms with Crippen molar-refractivity contribution in [2.24, 2.45) is 7.05 Å². The van der Waals surface area contributed by atoms with Crippen molar-refractivity contribution >= 4 is 27.2 Å². The van der Waals surface area contributed by atoms with E-state index < -0.39 is 38.0 Å². The second kappa shape index (κ2) is 10.1. The highest BCUT2D eigenvalue weighted by Gasteiger charge is 2.22. The number of benzene rings is 1. The lowest BCUT2D eigenvalue weighted by atomic mass is 10.2. The Hall–Kier alpha value is -3.58. The highest BCUT2D eigenvalue weighted by molar-refractivity contribution is 7.89. The molecule has 0 aliphatic heterocycles. The second-order valence-electron chi connectivity index (χ2n) is 7.39. The van der Waals surface area contributed by atoms with Crippen molar-refractivity contribution in [1.82, 2.24) is 23.8 Å². The third kappa shape index (κ3) is 4.99. The molecule has 0 radical (unpaired) electrons. The SMILES string of the molecule is C=CCNS(=O)(=O)c1cc(C(=O)OCc2nc3c(c(=O)[nH]c(=O)n3CCCC)n2C)ccc1F. The zero-order valence-corrected chi connectivity index (χ0v) is 19.4. The van der Waals surface area contributed by atoms with Crippen LogP contribution in [0.3, 0.4) is 0 Å². The second-order valence-corrected chi connectivity index (χ2v) is 9.12. The Kier molecular flexibility index (Phi) is 7.47. The number of sulfonamides is 1. The van der Waals surface area contributed by atoms with Crippen LogP contribution < -0.4 is 16.0 Å². The van der Waals surface area contributed by atoms with E-state index in [1.165, 1.54) is 22.3 Å². The first-order valence-electron chi connectivity index (χ1n) is 10.4. The van der Waals surface area contributed by atoms with Gasteiger partial charge >= 0.3 is 11.7 Å². The number of carbonyl (C=O) groups is 1. The Balaban J connectivity index is 1.89. The fourth-order valence-electron chi connectivity index (χ4n) is 3.24. The number of imidazole rings is 1. The average molecular weight is 494 g/mol.